The summed E-state index contributed by atoms with van der Waals surface area (Å²) < 4.78 is 6.33. The van der Waals surface area contributed by atoms with Crippen molar-refractivity contribution in [3.8, 4) is 0 Å². The average Bonchev–Trinajstić information content (AvgIpc) is 2.96. The smallest absolute Gasteiger partial charge is 0.360 e. The molecule has 2 aromatic rings. The molecule has 0 radical (unpaired) electrons. The molecule has 2 aromatic heterocycles. The van der Waals surface area contributed by atoms with E-state index < -0.39 is 5.97 Å². The van der Waals surface area contributed by atoms with Gasteiger partial charge in [0.2, 0.25) is 0 Å². The molecule has 0 fully saturated rings. The highest BCUT2D eigenvalue weighted by atomic mass is 16.5. The fourth-order valence-corrected chi connectivity index (χ4v) is 1.84. The Kier molecular flexibility index (Phi) is 3.00. The zero-order valence-electron chi connectivity index (χ0n) is 10.3. The van der Waals surface area contributed by atoms with E-state index in [1.165, 1.54) is 13.4 Å². The summed E-state index contributed by atoms with van der Waals surface area (Å²) >= 11 is 0. The van der Waals surface area contributed by atoms with Crippen LogP contribution in [0.3, 0.4) is 0 Å². The topological polar surface area (TPSA) is 112 Å². The number of aromatic amines is 1. The van der Waals surface area contributed by atoms with Gasteiger partial charge in [-0.05, 0) is 13.8 Å². The summed E-state index contributed by atoms with van der Waals surface area (Å²) in [6.45, 7) is 3.64. The molecule has 96 valence electrons. The summed E-state index contributed by atoms with van der Waals surface area (Å²) in [7, 11) is 1.29. The zero-order chi connectivity index (χ0) is 13.3. The monoisotopic (exact) mass is 250 g/mol. The number of hydrogen-bond donors (Lipinski definition) is 2. The minimum absolute atomic E-state index is 0.112. The number of nitrogens with zero attached hydrogens (tertiary/aromatic N) is 4. The summed E-state index contributed by atoms with van der Waals surface area (Å²) in [6, 6.07) is -0.196. The molecule has 0 aromatic carbocycles. The van der Waals surface area contributed by atoms with E-state index in [1.54, 1.807) is 11.5 Å². The van der Waals surface area contributed by atoms with Crippen molar-refractivity contribution < 1.29 is 9.53 Å². The lowest BCUT2D eigenvalue weighted by atomic mass is 10.3. The maximum absolute atomic E-state index is 11.5. The molecule has 0 aliphatic rings. The van der Waals surface area contributed by atoms with E-state index >= 15 is 0 Å². The van der Waals surface area contributed by atoms with Gasteiger partial charge < -0.3 is 15.0 Å². The molecule has 1 unspecified atom stereocenters. The highest BCUT2D eigenvalue weighted by Gasteiger charge is 2.23. The Hall–Kier alpha value is -2.38. The second kappa shape index (κ2) is 4.47. The number of methoxy groups -OCH3 is 1. The van der Waals surface area contributed by atoms with Crippen LogP contribution in [-0.2, 0) is 4.74 Å². The van der Waals surface area contributed by atoms with Crippen LogP contribution in [0.1, 0.15) is 35.1 Å². The van der Waals surface area contributed by atoms with Crippen LogP contribution in [-0.4, -0.2) is 37.8 Å². The van der Waals surface area contributed by atoms with Crippen LogP contribution in [0.4, 0.5) is 5.82 Å². The standard InChI is InChI=1S/C10H14N6O2/c1-5(9-12-4-13-15-9)16-6(2)14-7(8(16)11)10(17)18-3/h4-5H,11H2,1-3H3,(H,12,13,15). The van der Waals surface area contributed by atoms with Crippen LogP contribution >= 0.6 is 0 Å². The summed E-state index contributed by atoms with van der Waals surface area (Å²) in [6.07, 6.45) is 1.41. The second-order valence-corrected chi connectivity index (χ2v) is 3.80. The van der Waals surface area contributed by atoms with Gasteiger partial charge >= 0.3 is 5.97 Å². The molecular formula is C10H14N6O2. The summed E-state index contributed by atoms with van der Waals surface area (Å²) in [5.41, 5.74) is 6.04. The lowest BCUT2D eigenvalue weighted by Crippen LogP contribution is -2.14. The van der Waals surface area contributed by atoms with Crippen molar-refractivity contribution in [1.82, 2.24) is 24.7 Å². The van der Waals surface area contributed by atoms with Crippen molar-refractivity contribution in [3.05, 3.63) is 23.7 Å². The van der Waals surface area contributed by atoms with Gasteiger partial charge in [-0.2, -0.15) is 5.10 Å². The molecule has 0 saturated heterocycles. The molecule has 0 aliphatic heterocycles. The first kappa shape index (κ1) is 12.1. The molecule has 0 spiro atoms. The highest BCUT2D eigenvalue weighted by Crippen LogP contribution is 2.23. The lowest BCUT2D eigenvalue weighted by molar-refractivity contribution is 0.0595. The zero-order valence-corrected chi connectivity index (χ0v) is 10.3. The minimum atomic E-state index is -0.556. The van der Waals surface area contributed by atoms with Gasteiger partial charge in [-0.3, -0.25) is 5.10 Å². The lowest BCUT2D eigenvalue weighted by Gasteiger charge is -2.13. The van der Waals surface area contributed by atoms with Crippen LogP contribution < -0.4 is 5.73 Å². The first-order valence-electron chi connectivity index (χ1n) is 5.34. The number of hydrogen-bond acceptors (Lipinski definition) is 6. The fraction of sp³-hybridized carbons (Fsp3) is 0.400. The number of aryl methyl sites for hydroxylation is 1. The third-order valence-corrected chi connectivity index (χ3v) is 2.72. The fourth-order valence-electron chi connectivity index (χ4n) is 1.84. The first-order chi connectivity index (χ1) is 8.56. The molecule has 0 aliphatic carbocycles. The summed E-state index contributed by atoms with van der Waals surface area (Å²) in [4.78, 5) is 19.7. The van der Waals surface area contributed by atoms with E-state index in [-0.39, 0.29) is 17.6 Å². The molecule has 0 bridgehead atoms. The largest absolute Gasteiger partial charge is 0.464 e. The maximum Gasteiger partial charge on any atom is 0.360 e. The van der Waals surface area contributed by atoms with Gasteiger partial charge in [-0.25, -0.2) is 14.8 Å². The van der Waals surface area contributed by atoms with E-state index in [9.17, 15) is 4.79 Å². The number of imidazole rings is 1. The predicted octanol–water partition coefficient (Wildman–Crippen LogP) is 0.288. The van der Waals surface area contributed by atoms with E-state index in [1.807, 2.05) is 6.92 Å². The minimum Gasteiger partial charge on any atom is -0.464 e. The van der Waals surface area contributed by atoms with E-state index in [0.29, 0.717) is 11.6 Å². The van der Waals surface area contributed by atoms with Crippen LogP contribution in [0.5, 0.6) is 0 Å². The van der Waals surface area contributed by atoms with E-state index in [0.717, 1.165) is 0 Å². The normalized spacial score (nSPS) is 12.4. The van der Waals surface area contributed by atoms with Crippen molar-refractivity contribution >= 4 is 11.8 Å². The third-order valence-electron chi connectivity index (χ3n) is 2.72. The first-order valence-corrected chi connectivity index (χ1v) is 5.34. The molecular weight excluding hydrogens is 236 g/mol. The van der Waals surface area contributed by atoms with Gasteiger partial charge in [0.25, 0.3) is 0 Å². The van der Waals surface area contributed by atoms with Crippen LogP contribution in [0, 0.1) is 6.92 Å². The number of ether oxygens (including phenoxy) is 1. The second-order valence-electron chi connectivity index (χ2n) is 3.80. The van der Waals surface area contributed by atoms with Gasteiger partial charge in [-0.1, -0.05) is 0 Å². The Bertz CT molecular complexity index is 559. The molecule has 1 atom stereocenters. The number of H-pyrrole nitrogens is 1. The Morgan fingerprint density at radius 2 is 2.33 bits per heavy atom. The predicted molar refractivity (Wildman–Crippen MR) is 62.9 cm³/mol. The number of nitrogen functional groups attached to an aromatic ring is 1. The summed E-state index contributed by atoms with van der Waals surface area (Å²) in [5.74, 6) is 0.942. The van der Waals surface area contributed by atoms with Gasteiger partial charge in [0.1, 0.15) is 23.8 Å². The number of esters is 1. The van der Waals surface area contributed by atoms with Gasteiger partial charge in [0.05, 0.1) is 13.2 Å². The quantitative estimate of drug-likeness (QED) is 0.757. The Morgan fingerprint density at radius 1 is 1.61 bits per heavy atom. The Morgan fingerprint density at radius 3 is 2.89 bits per heavy atom. The molecule has 0 amide bonds. The third kappa shape index (κ3) is 1.81. The van der Waals surface area contributed by atoms with E-state index in [2.05, 4.69) is 24.9 Å². The number of carbonyl (C=O) groups excluding carboxylic acids is 1. The molecule has 3 N–H and O–H groups in total. The molecule has 2 rings (SSSR count). The Balaban J connectivity index is 2.46. The molecule has 8 nitrogen and oxygen atoms in total. The van der Waals surface area contributed by atoms with Crippen molar-refractivity contribution in [3.63, 3.8) is 0 Å². The van der Waals surface area contributed by atoms with Gasteiger partial charge in [0.15, 0.2) is 5.69 Å². The highest BCUT2D eigenvalue weighted by molar-refractivity contribution is 5.92. The van der Waals surface area contributed by atoms with Crippen LogP contribution in [0.25, 0.3) is 0 Å². The maximum atomic E-state index is 11.5. The molecule has 0 saturated carbocycles. The number of nitrogens with one attached hydrogen (secondary N) is 1. The molecule has 8 heteroatoms. The average molecular weight is 250 g/mol. The van der Waals surface area contributed by atoms with Crippen molar-refractivity contribution in [2.24, 2.45) is 0 Å². The number of anilines is 1. The van der Waals surface area contributed by atoms with Crippen molar-refractivity contribution in [1.29, 1.82) is 0 Å². The van der Waals surface area contributed by atoms with Crippen molar-refractivity contribution in [2.45, 2.75) is 19.9 Å². The Labute approximate surface area is 103 Å². The number of carbonyl (C=O) groups is 1. The van der Waals surface area contributed by atoms with Crippen LogP contribution in [0.15, 0.2) is 6.33 Å². The van der Waals surface area contributed by atoms with Gasteiger partial charge in [-0.15, -0.1) is 0 Å². The molecule has 18 heavy (non-hydrogen) atoms. The number of aromatic nitrogens is 5. The summed E-state index contributed by atoms with van der Waals surface area (Å²) in [5, 5.41) is 6.54. The van der Waals surface area contributed by atoms with Gasteiger partial charge in [0, 0.05) is 0 Å². The number of rotatable bonds is 3. The molecule has 2 heterocycles. The van der Waals surface area contributed by atoms with Crippen LogP contribution in [0.2, 0.25) is 0 Å². The SMILES string of the molecule is COC(=O)c1nc(C)n(C(C)c2ncn[nH]2)c1N. The van der Waals surface area contributed by atoms with Crippen molar-refractivity contribution in [2.75, 3.05) is 12.8 Å². The van der Waals surface area contributed by atoms with E-state index in [4.69, 9.17) is 5.73 Å². The number of nitrogens with two attached hydrogens (primary N) is 1.